The number of amides is 2. The fourth-order valence-electron chi connectivity index (χ4n) is 2.56. The second-order valence-corrected chi connectivity index (χ2v) is 7.00. The zero-order valence-corrected chi connectivity index (χ0v) is 16.8. The van der Waals surface area contributed by atoms with Gasteiger partial charge in [0.1, 0.15) is 5.37 Å². The number of nitrogens with one attached hydrogen (secondary N) is 1. The number of thioether (sulfide) groups is 1. The number of hydrogen-bond donors (Lipinski definition) is 1. The molecule has 0 aliphatic carbocycles. The second kappa shape index (κ2) is 8.82. The number of amidine groups is 1. The van der Waals surface area contributed by atoms with Crippen molar-refractivity contribution in [2.75, 3.05) is 6.61 Å². The summed E-state index contributed by atoms with van der Waals surface area (Å²) in [7, 11) is 0. The summed E-state index contributed by atoms with van der Waals surface area (Å²) in [5.41, 5.74) is 0.690. The maximum atomic E-state index is 12.2. The van der Waals surface area contributed by atoms with Gasteiger partial charge in [0.2, 0.25) is 17.6 Å². The molecule has 0 saturated heterocycles. The normalized spacial score (nSPS) is 15.6. The molecule has 1 N–H and O–H groups in total. The van der Waals surface area contributed by atoms with E-state index in [0.717, 1.165) is 0 Å². The Balaban J connectivity index is 1.86. The third kappa shape index (κ3) is 4.77. The maximum Gasteiger partial charge on any atom is 0.379 e. The molecule has 2 heterocycles. The number of nitrogens with zero attached hydrogens (tertiary/aromatic N) is 2. The Morgan fingerprint density at radius 2 is 2.03 bits per heavy atom. The first-order valence-corrected chi connectivity index (χ1v) is 9.62. The van der Waals surface area contributed by atoms with E-state index in [2.05, 4.69) is 10.4 Å². The Bertz CT molecular complexity index is 957. The summed E-state index contributed by atoms with van der Waals surface area (Å²) < 4.78 is 16.0. The van der Waals surface area contributed by atoms with Gasteiger partial charge in [0.25, 0.3) is 0 Å². The molecule has 1 aromatic carbocycles. The van der Waals surface area contributed by atoms with E-state index in [1.807, 2.05) is 0 Å². The van der Waals surface area contributed by atoms with Crippen LogP contribution in [0.3, 0.4) is 0 Å². The van der Waals surface area contributed by atoms with Crippen molar-refractivity contribution in [3.8, 4) is 11.5 Å². The molecule has 1 aromatic heterocycles. The number of rotatable bonds is 5. The molecule has 0 saturated carbocycles. The molecule has 2 amide bonds. The minimum atomic E-state index is -0.652. The fraction of sp³-hybridized carbons (Fsp3) is 0.263. The molecule has 1 atom stereocenters. The molecule has 3 rings (SSSR count). The van der Waals surface area contributed by atoms with Crippen molar-refractivity contribution in [1.82, 2.24) is 10.3 Å². The largest absolute Gasteiger partial charge is 0.490 e. The smallest absolute Gasteiger partial charge is 0.379 e. The van der Waals surface area contributed by atoms with Gasteiger partial charge in [-0.1, -0.05) is 17.8 Å². The SMILES string of the molecule is CCOc1cc(C2SC(NC(C)=O)=NN2C(C)=O)ccc1OC(=O)c1ccco1. The first kappa shape index (κ1) is 20.5. The van der Waals surface area contributed by atoms with Gasteiger partial charge in [-0.05, 0) is 36.8 Å². The van der Waals surface area contributed by atoms with Gasteiger partial charge >= 0.3 is 5.97 Å². The van der Waals surface area contributed by atoms with Crippen molar-refractivity contribution in [1.29, 1.82) is 0 Å². The minimum absolute atomic E-state index is 0.0685. The molecule has 29 heavy (non-hydrogen) atoms. The number of furan rings is 1. The second-order valence-electron chi connectivity index (χ2n) is 5.93. The molecule has 1 aliphatic rings. The average molecular weight is 417 g/mol. The molecule has 1 unspecified atom stereocenters. The zero-order chi connectivity index (χ0) is 21.0. The van der Waals surface area contributed by atoms with Crippen LogP contribution in [0.5, 0.6) is 11.5 Å². The third-order valence-electron chi connectivity index (χ3n) is 3.73. The molecule has 0 fully saturated rings. The van der Waals surface area contributed by atoms with Crippen molar-refractivity contribution in [3.05, 3.63) is 47.9 Å². The van der Waals surface area contributed by atoms with Crippen LogP contribution < -0.4 is 14.8 Å². The summed E-state index contributed by atoms with van der Waals surface area (Å²) in [5.74, 6) is -0.594. The molecule has 10 heteroatoms. The molecule has 0 spiro atoms. The lowest BCUT2D eigenvalue weighted by atomic mass is 10.2. The zero-order valence-electron chi connectivity index (χ0n) is 16.0. The highest BCUT2D eigenvalue weighted by Gasteiger charge is 2.33. The minimum Gasteiger partial charge on any atom is -0.490 e. The third-order valence-corrected chi connectivity index (χ3v) is 4.83. The van der Waals surface area contributed by atoms with Crippen molar-refractivity contribution in [2.45, 2.75) is 26.1 Å². The first-order chi connectivity index (χ1) is 13.9. The predicted molar refractivity (Wildman–Crippen MR) is 105 cm³/mol. The number of benzene rings is 1. The number of esters is 1. The van der Waals surface area contributed by atoms with Crippen molar-refractivity contribution < 1.29 is 28.3 Å². The highest BCUT2D eigenvalue weighted by Crippen LogP contribution is 2.41. The van der Waals surface area contributed by atoms with E-state index in [-0.39, 0.29) is 23.3 Å². The van der Waals surface area contributed by atoms with E-state index in [0.29, 0.717) is 23.1 Å². The van der Waals surface area contributed by atoms with Crippen LogP contribution in [-0.2, 0) is 9.59 Å². The van der Waals surface area contributed by atoms with Crippen LogP contribution in [0.4, 0.5) is 0 Å². The highest BCUT2D eigenvalue weighted by molar-refractivity contribution is 8.14. The van der Waals surface area contributed by atoms with E-state index in [1.54, 1.807) is 31.2 Å². The summed E-state index contributed by atoms with van der Waals surface area (Å²) >= 11 is 1.22. The first-order valence-electron chi connectivity index (χ1n) is 8.74. The fourth-order valence-corrected chi connectivity index (χ4v) is 3.68. The molecular formula is C19H19N3O6S. The van der Waals surface area contributed by atoms with E-state index in [1.165, 1.54) is 42.9 Å². The van der Waals surface area contributed by atoms with Crippen LogP contribution in [0.15, 0.2) is 46.1 Å². The Labute approximate surface area is 171 Å². The summed E-state index contributed by atoms with van der Waals surface area (Å²) in [5, 5.41) is 7.85. The van der Waals surface area contributed by atoms with Crippen LogP contribution in [0.25, 0.3) is 0 Å². The standard InChI is InChI=1S/C19H19N3O6S/c1-4-26-16-10-13(7-8-14(16)28-18(25)15-6-5-9-27-15)17-22(12(3)24)21-19(29-17)20-11(2)23/h5-10,17H,4H2,1-3H3,(H,20,21,23). The predicted octanol–water partition coefficient (Wildman–Crippen LogP) is 2.90. The van der Waals surface area contributed by atoms with Gasteiger partial charge in [-0.3, -0.25) is 9.59 Å². The van der Waals surface area contributed by atoms with Crippen molar-refractivity contribution in [3.63, 3.8) is 0 Å². The van der Waals surface area contributed by atoms with Gasteiger partial charge in [0.15, 0.2) is 16.7 Å². The number of ether oxygens (including phenoxy) is 2. The van der Waals surface area contributed by atoms with Gasteiger partial charge in [-0.15, -0.1) is 5.10 Å². The van der Waals surface area contributed by atoms with E-state index in [4.69, 9.17) is 13.9 Å². The molecule has 0 bridgehead atoms. The van der Waals surface area contributed by atoms with Crippen LogP contribution in [0, 0.1) is 0 Å². The number of hydrogen-bond acceptors (Lipinski definition) is 8. The summed E-state index contributed by atoms with van der Waals surface area (Å²) in [6, 6.07) is 8.04. The van der Waals surface area contributed by atoms with Crippen LogP contribution >= 0.6 is 11.8 Å². The molecule has 1 aliphatic heterocycles. The number of carbonyl (C=O) groups is 3. The average Bonchev–Trinajstić information content (AvgIpc) is 3.33. The van der Waals surface area contributed by atoms with Crippen LogP contribution in [0.1, 0.15) is 42.3 Å². The molecule has 9 nitrogen and oxygen atoms in total. The van der Waals surface area contributed by atoms with Gasteiger partial charge in [0, 0.05) is 13.8 Å². The quantitative estimate of drug-likeness (QED) is 0.588. The maximum absolute atomic E-state index is 12.2. The van der Waals surface area contributed by atoms with E-state index < -0.39 is 11.3 Å². The molecular weight excluding hydrogens is 398 g/mol. The Hall–Kier alpha value is -3.27. The van der Waals surface area contributed by atoms with E-state index >= 15 is 0 Å². The van der Waals surface area contributed by atoms with Gasteiger partial charge < -0.3 is 19.2 Å². The van der Waals surface area contributed by atoms with Crippen LogP contribution in [-0.4, -0.2) is 34.6 Å². The lowest BCUT2D eigenvalue weighted by Crippen LogP contribution is -2.25. The Morgan fingerprint density at radius 1 is 1.24 bits per heavy atom. The van der Waals surface area contributed by atoms with Gasteiger partial charge in [-0.2, -0.15) is 0 Å². The lowest BCUT2D eigenvalue weighted by molar-refractivity contribution is -0.129. The summed E-state index contributed by atoms with van der Waals surface area (Å²) in [6.45, 7) is 4.90. The Morgan fingerprint density at radius 3 is 2.66 bits per heavy atom. The monoisotopic (exact) mass is 417 g/mol. The van der Waals surface area contributed by atoms with Crippen molar-refractivity contribution in [2.24, 2.45) is 5.10 Å². The highest BCUT2D eigenvalue weighted by atomic mass is 32.2. The number of carbonyl (C=O) groups excluding carboxylic acids is 3. The van der Waals surface area contributed by atoms with Crippen molar-refractivity contribution >= 4 is 34.7 Å². The van der Waals surface area contributed by atoms with Gasteiger partial charge in [-0.25, -0.2) is 9.80 Å². The lowest BCUT2D eigenvalue weighted by Gasteiger charge is -2.20. The topological polar surface area (TPSA) is 110 Å². The van der Waals surface area contributed by atoms with Gasteiger partial charge in [0.05, 0.1) is 12.9 Å². The molecule has 0 radical (unpaired) electrons. The van der Waals surface area contributed by atoms with Crippen LogP contribution in [0.2, 0.25) is 0 Å². The summed E-state index contributed by atoms with van der Waals surface area (Å²) in [6.07, 6.45) is 1.38. The molecule has 152 valence electrons. The number of hydrazone groups is 1. The molecule has 2 aromatic rings. The summed E-state index contributed by atoms with van der Waals surface area (Å²) in [4.78, 5) is 35.5. The van der Waals surface area contributed by atoms with E-state index in [9.17, 15) is 14.4 Å². The Kier molecular flexibility index (Phi) is 6.23.